The van der Waals surface area contributed by atoms with Gasteiger partial charge in [0.1, 0.15) is 34.0 Å². The molecule has 0 amide bonds. The summed E-state index contributed by atoms with van der Waals surface area (Å²) >= 11 is 0. The number of nitrogens with one attached hydrogen (secondary N) is 1. The Labute approximate surface area is 315 Å². The summed E-state index contributed by atoms with van der Waals surface area (Å²) < 4.78 is 13.6. The maximum Gasteiger partial charge on any atom is 0.169 e. The zero-order valence-electron chi connectivity index (χ0n) is 29.5. The van der Waals surface area contributed by atoms with Crippen molar-refractivity contribution in [2.24, 2.45) is 9.98 Å². The Kier molecular flexibility index (Phi) is 6.39. The van der Waals surface area contributed by atoms with Crippen LogP contribution in [0, 0.1) is 0 Å². The molecule has 5 nitrogen and oxygen atoms in total. The topological polar surface area (TPSA) is 63.0 Å². The Morgan fingerprint density at radius 1 is 0.455 bits per heavy atom. The quantitative estimate of drug-likeness (QED) is 0.198. The molecule has 0 saturated heterocycles. The average Bonchev–Trinajstić information content (AvgIpc) is 3.94. The summed E-state index contributed by atoms with van der Waals surface area (Å²) in [5.41, 5.74) is 12.7. The SMILES string of the molecule is c1ccc(C2=NC(c3ccccc3)N=C(c3cccc4oc5cc(C6c7ccccc7-c7c6c6oc8ccccc8c6c6ccccc76)ccc5c34)N2)cc1. The second-order valence-electron chi connectivity index (χ2n) is 14.4. The molecule has 2 unspecified atom stereocenters. The van der Waals surface area contributed by atoms with E-state index < -0.39 is 0 Å². The van der Waals surface area contributed by atoms with Crippen LogP contribution in [0.2, 0.25) is 0 Å². The molecular weight excluding hydrogens is 675 g/mol. The second kappa shape index (κ2) is 11.6. The zero-order chi connectivity index (χ0) is 36.0. The summed E-state index contributed by atoms with van der Waals surface area (Å²) in [6.45, 7) is 0. The Hall–Kier alpha value is -7.24. The summed E-state index contributed by atoms with van der Waals surface area (Å²) in [4.78, 5) is 10.3. The molecule has 1 aliphatic carbocycles. The van der Waals surface area contributed by atoms with Gasteiger partial charge in [0.15, 0.2) is 6.17 Å². The van der Waals surface area contributed by atoms with Crippen molar-refractivity contribution in [3.63, 3.8) is 0 Å². The van der Waals surface area contributed by atoms with Crippen LogP contribution in [-0.2, 0) is 0 Å². The maximum atomic E-state index is 6.83. The molecule has 0 radical (unpaired) electrons. The molecule has 0 bridgehead atoms. The first-order chi connectivity index (χ1) is 27.3. The van der Waals surface area contributed by atoms with E-state index in [-0.39, 0.29) is 12.1 Å². The third kappa shape index (κ3) is 4.47. The first kappa shape index (κ1) is 30.2. The lowest BCUT2D eigenvalue weighted by Gasteiger charge is -2.22. The van der Waals surface area contributed by atoms with Crippen LogP contribution in [0.5, 0.6) is 0 Å². The minimum atomic E-state index is -0.388. The molecule has 1 N–H and O–H groups in total. The van der Waals surface area contributed by atoms with Crippen LogP contribution in [0.15, 0.2) is 189 Å². The van der Waals surface area contributed by atoms with Gasteiger partial charge in [-0.2, -0.15) is 0 Å². The van der Waals surface area contributed by atoms with E-state index in [1.165, 1.54) is 38.4 Å². The van der Waals surface area contributed by atoms with E-state index >= 15 is 0 Å². The van der Waals surface area contributed by atoms with Crippen molar-refractivity contribution in [1.29, 1.82) is 0 Å². The number of amidine groups is 2. The Bertz CT molecular complexity index is 3250. The normalized spacial score (nSPS) is 16.4. The fraction of sp³-hybridized carbons (Fsp3) is 0.0400. The molecule has 0 saturated carbocycles. The molecule has 0 fully saturated rings. The molecule has 258 valence electrons. The van der Waals surface area contributed by atoms with E-state index in [2.05, 4.69) is 127 Å². The summed E-state index contributed by atoms with van der Waals surface area (Å²) in [5.74, 6) is 1.50. The number of para-hydroxylation sites is 1. The van der Waals surface area contributed by atoms with Crippen LogP contribution in [0.3, 0.4) is 0 Å². The van der Waals surface area contributed by atoms with Crippen LogP contribution in [0.1, 0.15) is 45.5 Å². The fourth-order valence-electron chi connectivity index (χ4n) is 9.05. The first-order valence-electron chi connectivity index (χ1n) is 18.7. The highest BCUT2D eigenvalue weighted by Gasteiger charge is 2.36. The van der Waals surface area contributed by atoms with Crippen molar-refractivity contribution in [3.8, 4) is 11.1 Å². The van der Waals surface area contributed by atoms with Gasteiger partial charge < -0.3 is 14.2 Å². The number of hydrogen-bond acceptors (Lipinski definition) is 5. The minimum absolute atomic E-state index is 0.0448. The Balaban J connectivity index is 1.05. The molecule has 12 rings (SSSR count). The molecular formula is C50H31N3O2. The number of hydrogen-bond donors (Lipinski definition) is 1. The molecule has 2 aromatic heterocycles. The highest BCUT2D eigenvalue weighted by Crippen LogP contribution is 2.55. The predicted molar refractivity (Wildman–Crippen MR) is 223 cm³/mol. The van der Waals surface area contributed by atoms with Gasteiger partial charge in [-0.15, -0.1) is 0 Å². The standard InChI is InChI=1S/C50H31N3O2/c1-3-14-29(15-4-1)48-51-49(30-16-5-2-6-17-30)53-50(52-48)38-23-13-25-40-43(38)37-27-26-31(28-41(37)54-40)42-32-18-7-8-19-33(32)44-34-20-9-10-21-35(34)45-36-22-11-12-24-39(36)55-47(45)46(42)44/h1-28,42,48H,(H,51,52,53). The molecule has 3 heterocycles. The third-order valence-electron chi connectivity index (χ3n) is 11.4. The smallest absolute Gasteiger partial charge is 0.169 e. The predicted octanol–water partition coefficient (Wildman–Crippen LogP) is 12.3. The van der Waals surface area contributed by atoms with Gasteiger partial charge in [-0.3, -0.25) is 0 Å². The average molecular weight is 706 g/mol. The fourth-order valence-corrected chi connectivity index (χ4v) is 9.05. The van der Waals surface area contributed by atoms with Crippen molar-refractivity contribution in [3.05, 3.63) is 203 Å². The van der Waals surface area contributed by atoms with Gasteiger partial charge in [-0.05, 0) is 56.8 Å². The van der Waals surface area contributed by atoms with Crippen molar-refractivity contribution >= 4 is 66.3 Å². The van der Waals surface area contributed by atoms with Gasteiger partial charge in [0.2, 0.25) is 0 Å². The first-order valence-corrected chi connectivity index (χ1v) is 18.7. The lowest BCUT2D eigenvalue weighted by molar-refractivity contribution is 0.661. The summed E-state index contributed by atoms with van der Waals surface area (Å²) in [6, 6.07) is 59.4. The highest BCUT2D eigenvalue weighted by atomic mass is 16.3. The van der Waals surface area contributed by atoms with Gasteiger partial charge in [-0.1, -0.05) is 152 Å². The molecule has 5 heteroatoms. The summed E-state index contributed by atoms with van der Waals surface area (Å²) in [5, 5.41) is 10.4. The highest BCUT2D eigenvalue weighted by molar-refractivity contribution is 6.25. The van der Waals surface area contributed by atoms with Gasteiger partial charge in [0.05, 0.1) is 0 Å². The monoisotopic (exact) mass is 705 g/mol. The van der Waals surface area contributed by atoms with Gasteiger partial charge >= 0.3 is 0 Å². The van der Waals surface area contributed by atoms with Gasteiger partial charge in [0.25, 0.3) is 0 Å². The van der Waals surface area contributed by atoms with E-state index in [1.54, 1.807) is 0 Å². The largest absolute Gasteiger partial charge is 0.456 e. The van der Waals surface area contributed by atoms with Crippen LogP contribution < -0.4 is 5.32 Å². The number of benzene rings is 8. The molecule has 2 atom stereocenters. The van der Waals surface area contributed by atoms with Crippen LogP contribution in [-0.4, -0.2) is 11.7 Å². The van der Waals surface area contributed by atoms with E-state index in [9.17, 15) is 0 Å². The molecule has 0 spiro atoms. The number of rotatable bonds is 4. The number of nitrogens with zero attached hydrogens (tertiary/aromatic N) is 2. The molecule has 55 heavy (non-hydrogen) atoms. The van der Waals surface area contributed by atoms with E-state index in [0.717, 1.165) is 72.4 Å². The zero-order valence-corrected chi connectivity index (χ0v) is 29.5. The van der Waals surface area contributed by atoms with Crippen molar-refractivity contribution in [2.45, 2.75) is 12.1 Å². The Morgan fingerprint density at radius 2 is 1.13 bits per heavy atom. The van der Waals surface area contributed by atoms with Crippen molar-refractivity contribution < 1.29 is 8.83 Å². The summed E-state index contributed by atoms with van der Waals surface area (Å²) in [6.07, 6.45) is -0.388. The third-order valence-corrected chi connectivity index (χ3v) is 11.4. The minimum Gasteiger partial charge on any atom is -0.456 e. The van der Waals surface area contributed by atoms with E-state index in [0.29, 0.717) is 0 Å². The molecule has 1 aliphatic heterocycles. The molecule has 10 aromatic rings. The van der Waals surface area contributed by atoms with E-state index in [4.69, 9.17) is 18.8 Å². The molecule has 2 aliphatic rings. The van der Waals surface area contributed by atoms with Crippen LogP contribution >= 0.6 is 0 Å². The maximum absolute atomic E-state index is 6.83. The van der Waals surface area contributed by atoms with Crippen molar-refractivity contribution in [2.75, 3.05) is 0 Å². The number of fused-ring (bicyclic) bond motifs is 13. The Morgan fingerprint density at radius 3 is 2.00 bits per heavy atom. The lowest BCUT2D eigenvalue weighted by atomic mass is 9.86. The second-order valence-corrected chi connectivity index (χ2v) is 14.4. The molecule has 8 aromatic carbocycles. The lowest BCUT2D eigenvalue weighted by Crippen LogP contribution is -2.36. The van der Waals surface area contributed by atoms with Gasteiger partial charge in [-0.25, -0.2) is 9.98 Å². The summed E-state index contributed by atoms with van der Waals surface area (Å²) in [7, 11) is 0. The number of aliphatic imine (C=N–C) groups is 2. The van der Waals surface area contributed by atoms with Gasteiger partial charge in [0, 0.05) is 44.2 Å². The van der Waals surface area contributed by atoms with Crippen LogP contribution in [0.25, 0.3) is 65.8 Å². The van der Waals surface area contributed by atoms with E-state index in [1.807, 2.05) is 48.5 Å². The number of furan rings is 2. The van der Waals surface area contributed by atoms with Crippen molar-refractivity contribution in [1.82, 2.24) is 5.32 Å². The van der Waals surface area contributed by atoms with Crippen LogP contribution in [0.4, 0.5) is 0 Å².